The van der Waals surface area contributed by atoms with E-state index in [0.717, 1.165) is 37.5 Å². The highest BCUT2D eigenvalue weighted by Crippen LogP contribution is 2.28. The molecule has 1 aliphatic carbocycles. The molecule has 122 valence electrons. The van der Waals surface area contributed by atoms with Crippen LogP contribution in [-0.4, -0.2) is 29.2 Å². The Hall–Kier alpha value is -2.24. The van der Waals surface area contributed by atoms with E-state index >= 15 is 0 Å². The zero-order valence-electron chi connectivity index (χ0n) is 12.9. The molecule has 1 aliphatic heterocycles. The first kappa shape index (κ1) is 15.6. The summed E-state index contributed by atoms with van der Waals surface area (Å²) < 4.78 is 5.85. The second kappa shape index (κ2) is 6.89. The van der Waals surface area contributed by atoms with Gasteiger partial charge in [0.2, 0.25) is 17.7 Å². The number of carbonyl (C=O) groups is 3. The number of imide groups is 1. The van der Waals surface area contributed by atoms with Crippen LogP contribution in [0.2, 0.25) is 0 Å². The molecule has 1 saturated heterocycles. The smallest absolute Gasteiger partial charge is 0.234 e. The molecule has 2 fully saturated rings. The van der Waals surface area contributed by atoms with Gasteiger partial charge in [-0.25, -0.2) is 4.98 Å². The van der Waals surface area contributed by atoms with Gasteiger partial charge in [-0.05, 0) is 37.7 Å². The minimum absolute atomic E-state index is 0.0974. The number of pyridine rings is 1. The molecule has 1 atom stereocenters. The van der Waals surface area contributed by atoms with E-state index in [1.807, 2.05) is 6.07 Å². The molecule has 0 spiro atoms. The predicted molar refractivity (Wildman–Crippen MR) is 81.8 cm³/mol. The largest absolute Gasteiger partial charge is 0.474 e. The fourth-order valence-corrected chi connectivity index (χ4v) is 3.19. The first-order valence-electron chi connectivity index (χ1n) is 8.07. The highest BCUT2D eigenvalue weighted by Gasteiger charge is 2.28. The lowest BCUT2D eigenvalue weighted by molar-refractivity contribution is -0.134. The number of nitrogens with one attached hydrogen (secondary N) is 1. The predicted octanol–water partition coefficient (Wildman–Crippen LogP) is 1.74. The molecule has 1 aromatic rings. The molecular weight excluding hydrogens is 296 g/mol. The molecule has 1 aromatic heterocycles. The summed E-state index contributed by atoms with van der Waals surface area (Å²) in [5.74, 6) is -0.0976. The summed E-state index contributed by atoms with van der Waals surface area (Å²) in [6.07, 6.45) is 7.09. The van der Waals surface area contributed by atoms with Crippen molar-refractivity contribution in [3.8, 4) is 5.88 Å². The number of hydrogen-bond donors (Lipinski definition) is 1. The maximum atomic E-state index is 11.8. The van der Waals surface area contributed by atoms with Crippen molar-refractivity contribution in [2.75, 3.05) is 0 Å². The van der Waals surface area contributed by atoms with Crippen LogP contribution in [0.15, 0.2) is 18.3 Å². The maximum Gasteiger partial charge on any atom is 0.234 e. The van der Waals surface area contributed by atoms with Crippen LogP contribution in [0.1, 0.15) is 50.0 Å². The molecule has 23 heavy (non-hydrogen) atoms. The number of nitrogens with zero attached hydrogens (tertiary/aromatic N) is 1. The third-order valence-electron chi connectivity index (χ3n) is 4.60. The third kappa shape index (κ3) is 3.75. The molecule has 2 aliphatic rings. The molecule has 0 bridgehead atoms. The first-order valence-corrected chi connectivity index (χ1v) is 8.07. The van der Waals surface area contributed by atoms with Crippen molar-refractivity contribution < 1.29 is 19.1 Å². The van der Waals surface area contributed by atoms with Gasteiger partial charge in [-0.3, -0.25) is 14.9 Å². The molecule has 2 amide bonds. The number of carbonyl (C=O) groups excluding carboxylic acids is 3. The van der Waals surface area contributed by atoms with E-state index < -0.39 is 0 Å². The zero-order valence-corrected chi connectivity index (χ0v) is 12.9. The maximum absolute atomic E-state index is 11.8. The molecule has 0 radical (unpaired) electrons. The van der Waals surface area contributed by atoms with Crippen LogP contribution in [0.4, 0.5) is 0 Å². The van der Waals surface area contributed by atoms with Gasteiger partial charge >= 0.3 is 0 Å². The molecule has 1 unspecified atom stereocenters. The van der Waals surface area contributed by atoms with Crippen molar-refractivity contribution in [3.63, 3.8) is 0 Å². The Morgan fingerprint density at radius 3 is 2.52 bits per heavy atom. The molecule has 1 saturated carbocycles. The molecule has 6 heteroatoms. The summed E-state index contributed by atoms with van der Waals surface area (Å²) in [5.41, 5.74) is 0.798. The molecule has 3 rings (SSSR count). The summed E-state index contributed by atoms with van der Waals surface area (Å²) in [6, 6.07) is 3.60. The highest BCUT2D eigenvalue weighted by molar-refractivity contribution is 6.00. The SMILES string of the molecule is O=C[C@H]1CC[C@H](Oc2ccc(C3CCC(=O)NC3=O)cn2)CC1. The van der Waals surface area contributed by atoms with Crippen LogP contribution in [0.5, 0.6) is 5.88 Å². The molecule has 1 N–H and O–H groups in total. The number of aldehydes is 1. The van der Waals surface area contributed by atoms with Crippen molar-refractivity contribution in [2.45, 2.75) is 50.5 Å². The number of ether oxygens (including phenoxy) is 1. The van der Waals surface area contributed by atoms with E-state index in [1.165, 1.54) is 0 Å². The van der Waals surface area contributed by atoms with E-state index in [4.69, 9.17) is 4.74 Å². The van der Waals surface area contributed by atoms with E-state index in [2.05, 4.69) is 10.3 Å². The number of hydrogen-bond acceptors (Lipinski definition) is 5. The Morgan fingerprint density at radius 2 is 1.91 bits per heavy atom. The number of amides is 2. The summed E-state index contributed by atoms with van der Waals surface area (Å²) in [4.78, 5) is 38.1. The number of aromatic nitrogens is 1. The normalized spacial score (nSPS) is 28.1. The molecule has 0 aromatic carbocycles. The van der Waals surface area contributed by atoms with Gasteiger partial charge in [-0.15, -0.1) is 0 Å². The van der Waals surface area contributed by atoms with Gasteiger partial charge in [0.15, 0.2) is 0 Å². The topological polar surface area (TPSA) is 85.4 Å². The molecular formula is C17H20N2O4. The Kier molecular flexibility index (Phi) is 4.69. The van der Waals surface area contributed by atoms with Crippen molar-refractivity contribution in [1.29, 1.82) is 0 Å². The monoisotopic (exact) mass is 316 g/mol. The number of rotatable bonds is 4. The minimum atomic E-state index is -0.322. The van der Waals surface area contributed by atoms with E-state index in [9.17, 15) is 14.4 Å². The summed E-state index contributed by atoms with van der Waals surface area (Å²) >= 11 is 0. The van der Waals surface area contributed by atoms with Crippen LogP contribution in [-0.2, 0) is 14.4 Å². The third-order valence-corrected chi connectivity index (χ3v) is 4.60. The summed E-state index contributed by atoms with van der Waals surface area (Å²) in [7, 11) is 0. The van der Waals surface area contributed by atoms with Gasteiger partial charge in [0.25, 0.3) is 0 Å². The Balaban J connectivity index is 1.58. The van der Waals surface area contributed by atoms with Gasteiger partial charge in [0.05, 0.1) is 5.92 Å². The fourth-order valence-electron chi connectivity index (χ4n) is 3.19. The second-order valence-electron chi connectivity index (χ2n) is 6.22. The average molecular weight is 316 g/mol. The van der Waals surface area contributed by atoms with E-state index in [1.54, 1.807) is 12.3 Å². The van der Waals surface area contributed by atoms with Crippen molar-refractivity contribution in [1.82, 2.24) is 10.3 Å². The average Bonchev–Trinajstić information content (AvgIpc) is 2.57. The van der Waals surface area contributed by atoms with Crippen LogP contribution >= 0.6 is 0 Å². The van der Waals surface area contributed by atoms with E-state index in [0.29, 0.717) is 18.7 Å². The molecule has 2 heterocycles. The van der Waals surface area contributed by atoms with E-state index in [-0.39, 0.29) is 29.8 Å². The Morgan fingerprint density at radius 1 is 1.13 bits per heavy atom. The lowest BCUT2D eigenvalue weighted by Gasteiger charge is -2.26. The van der Waals surface area contributed by atoms with Gasteiger partial charge in [-0.2, -0.15) is 0 Å². The first-order chi connectivity index (χ1) is 11.2. The van der Waals surface area contributed by atoms with Gasteiger partial charge < -0.3 is 9.53 Å². The van der Waals surface area contributed by atoms with Crippen molar-refractivity contribution in [3.05, 3.63) is 23.9 Å². The quantitative estimate of drug-likeness (QED) is 0.675. The zero-order chi connectivity index (χ0) is 16.2. The van der Waals surface area contributed by atoms with Crippen LogP contribution in [0.25, 0.3) is 0 Å². The Labute approximate surface area is 134 Å². The lowest BCUT2D eigenvalue weighted by Crippen LogP contribution is -2.39. The standard InChI is InChI=1S/C17H20N2O4/c20-10-11-1-4-13(5-2-11)23-16-8-3-12(9-18-16)14-6-7-15(21)19-17(14)22/h3,8-11,13-14H,1-2,4-7H2,(H,19,21,22)/t11-,13-,14?. The summed E-state index contributed by atoms with van der Waals surface area (Å²) in [5, 5.41) is 2.35. The van der Waals surface area contributed by atoms with Gasteiger partial charge in [-0.1, -0.05) is 6.07 Å². The Bertz CT molecular complexity index is 591. The lowest BCUT2D eigenvalue weighted by atomic mass is 9.88. The van der Waals surface area contributed by atoms with Crippen molar-refractivity contribution >= 4 is 18.1 Å². The summed E-state index contributed by atoms with van der Waals surface area (Å²) in [6.45, 7) is 0. The molecule has 6 nitrogen and oxygen atoms in total. The van der Waals surface area contributed by atoms with Gasteiger partial charge in [0.1, 0.15) is 12.4 Å². The second-order valence-corrected chi connectivity index (χ2v) is 6.22. The van der Waals surface area contributed by atoms with Crippen LogP contribution in [0, 0.1) is 5.92 Å². The van der Waals surface area contributed by atoms with Crippen molar-refractivity contribution in [2.24, 2.45) is 5.92 Å². The van der Waals surface area contributed by atoms with Gasteiger partial charge in [0, 0.05) is 24.6 Å². The minimum Gasteiger partial charge on any atom is -0.474 e. The van der Waals surface area contributed by atoms with Crippen LogP contribution < -0.4 is 10.1 Å². The fraction of sp³-hybridized carbons (Fsp3) is 0.529. The number of piperidine rings is 1. The van der Waals surface area contributed by atoms with Crippen LogP contribution in [0.3, 0.4) is 0 Å². The highest BCUT2D eigenvalue weighted by atomic mass is 16.5.